The highest BCUT2D eigenvalue weighted by atomic mass is 35.5. The number of aliphatic hydroxyl groups excluding tert-OH is 1. The Balaban J connectivity index is 2.45. The minimum absolute atomic E-state index is 0.109. The van der Waals surface area contributed by atoms with Crippen LogP contribution in [0.4, 0.5) is 5.69 Å². The van der Waals surface area contributed by atoms with Crippen LogP contribution in [-0.2, 0) is 6.61 Å². The predicted molar refractivity (Wildman–Crippen MR) is 75.3 cm³/mol. The van der Waals surface area contributed by atoms with Crippen molar-refractivity contribution in [3.8, 4) is 11.5 Å². The number of aryl methyl sites for hydroxylation is 1. The number of nitro groups is 1. The van der Waals surface area contributed by atoms with Crippen molar-refractivity contribution in [2.45, 2.75) is 13.5 Å². The van der Waals surface area contributed by atoms with Crippen molar-refractivity contribution in [1.82, 2.24) is 0 Å². The highest BCUT2D eigenvalue weighted by molar-refractivity contribution is 6.31. The third kappa shape index (κ3) is 2.89. The molecule has 0 bridgehead atoms. The maximum absolute atomic E-state index is 11.0. The molecular formula is C14H12ClNO4. The van der Waals surface area contributed by atoms with Crippen LogP contribution in [0.15, 0.2) is 36.4 Å². The lowest BCUT2D eigenvalue weighted by atomic mass is 10.2. The first-order valence-corrected chi connectivity index (χ1v) is 6.22. The molecule has 6 heteroatoms. The number of ether oxygens (including phenoxy) is 1. The van der Waals surface area contributed by atoms with E-state index in [1.807, 2.05) is 0 Å². The Morgan fingerprint density at radius 3 is 2.70 bits per heavy atom. The molecule has 0 fully saturated rings. The zero-order chi connectivity index (χ0) is 14.7. The number of hydrogen-bond acceptors (Lipinski definition) is 4. The highest BCUT2D eigenvalue weighted by Gasteiger charge is 2.17. The molecule has 0 aliphatic heterocycles. The van der Waals surface area contributed by atoms with E-state index >= 15 is 0 Å². The van der Waals surface area contributed by atoms with E-state index in [1.165, 1.54) is 12.1 Å². The molecule has 0 aromatic heterocycles. The van der Waals surface area contributed by atoms with Gasteiger partial charge in [0.05, 0.1) is 11.5 Å². The first-order chi connectivity index (χ1) is 9.52. The molecule has 0 heterocycles. The van der Waals surface area contributed by atoms with Crippen LogP contribution in [0.1, 0.15) is 11.1 Å². The second kappa shape index (κ2) is 5.90. The fourth-order valence-corrected chi connectivity index (χ4v) is 1.99. The third-order valence-corrected chi connectivity index (χ3v) is 3.12. The lowest BCUT2D eigenvalue weighted by molar-refractivity contribution is -0.385. The molecule has 20 heavy (non-hydrogen) atoms. The molecular weight excluding hydrogens is 282 g/mol. The van der Waals surface area contributed by atoms with Crippen molar-refractivity contribution in [3.05, 3.63) is 62.7 Å². The zero-order valence-electron chi connectivity index (χ0n) is 10.7. The van der Waals surface area contributed by atoms with E-state index in [0.717, 1.165) is 5.56 Å². The molecule has 2 rings (SSSR count). The number of halogens is 1. The first kappa shape index (κ1) is 14.3. The van der Waals surface area contributed by atoms with E-state index in [-0.39, 0.29) is 18.0 Å². The summed E-state index contributed by atoms with van der Waals surface area (Å²) in [5, 5.41) is 20.7. The average Bonchev–Trinajstić information content (AvgIpc) is 2.41. The second-order valence-corrected chi connectivity index (χ2v) is 4.61. The van der Waals surface area contributed by atoms with Gasteiger partial charge >= 0.3 is 5.69 Å². The summed E-state index contributed by atoms with van der Waals surface area (Å²) < 4.78 is 5.54. The number of hydrogen-bond donors (Lipinski definition) is 1. The fraction of sp³-hybridized carbons (Fsp3) is 0.143. The van der Waals surface area contributed by atoms with Crippen molar-refractivity contribution in [3.63, 3.8) is 0 Å². The molecule has 0 saturated carbocycles. The fourth-order valence-electron chi connectivity index (χ4n) is 1.76. The molecule has 0 unspecified atom stereocenters. The maximum Gasteiger partial charge on any atom is 0.311 e. The van der Waals surface area contributed by atoms with Crippen molar-refractivity contribution in [1.29, 1.82) is 0 Å². The Kier molecular flexibility index (Phi) is 4.22. The Morgan fingerprint density at radius 2 is 2.05 bits per heavy atom. The molecule has 0 saturated heterocycles. The van der Waals surface area contributed by atoms with E-state index in [2.05, 4.69) is 0 Å². The lowest BCUT2D eigenvalue weighted by Gasteiger charge is -2.11. The molecule has 2 aromatic rings. The van der Waals surface area contributed by atoms with Crippen LogP contribution >= 0.6 is 11.6 Å². The van der Waals surface area contributed by atoms with Crippen LogP contribution in [0.3, 0.4) is 0 Å². The Bertz CT molecular complexity index is 658. The summed E-state index contributed by atoms with van der Waals surface area (Å²) in [5.41, 5.74) is 1.02. The Morgan fingerprint density at radius 1 is 1.30 bits per heavy atom. The summed E-state index contributed by atoms with van der Waals surface area (Å²) in [5.74, 6) is 0.407. The predicted octanol–water partition coefficient (Wildman–Crippen LogP) is 3.84. The zero-order valence-corrected chi connectivity index (χ0v) is 11.4. The van der Waals surface area contributed by atoms with E-state index in [9.17, 15) is 15.2 Å². The van der Waals surface area contributed by atoms with Crippen LogP contribution < -0.4 is 4.74 Å². The summed E-state index contributed by atoms with van der Waals surface area (Å²) >= 11 is 5.95. The van der Waals surface area contributed by atoms with E-state index in [0.29, 0.717) is 16.3 Å². The molecule has 0 radical (unpaired) electrons. The molecule has 0 aliphatic carbocycles. The molecule has 5 nitrogen and oxygen atoms in total. The van der Waals surface area contributed by atoms with Gasteiger partial charge in [0.25, 0.3) is 0 Å². The summed E-state index contributed by atoms with van der Waals surface area (Å²) in [6.07, 6.45) is 0. The monoisotopic (exact) mass is 293 g/mol. The van der Waals surface area contributed by atoms with Crippen molar-refractivity contribution in [2.75, 3.05) is 0 Å². The van der Waals surface area contributed by atoms with E-state index < -0.39 is 4.92 Å². The van der Waals surface area contributed by atoms with E-state index in [1.54, 1.807) is 31.2 Å². The van der Waals surface area contributed by atoms with Crippen LogP contribution in [-0.4, -0.2) is 10.0 Å². The van der Waals surface area contributed by atoms with Crippen molar-refractivity contribution >= 4 is 17.3 Å². The summed E-state index contributed by atoms with van der Waals surface area (Å²) in [6, 6.07) is 9.53. The smallest absolute Gasteiger partial charge is 0.311 e. The van der Waals surface area contributed by atoms with Gasteiger partial charge in [-0.25, -0.2) is 0 Å². The highest BCUT2D eigenvalue weighted by Crippen LogP contribution is 2.35. The SMILES string of the molecule is Cc1ccc(Oc2cccc(Cl)c2CO)c([N+](=O)[O-])c1. The van der Waals surface area contributed by atoms with Crippen LogP contribution in [0, 0.1) is 17.0 Å². The summed E-state index contributed by atoms with van der Waals surface area (Å²) in [4.78, 5) is 10.5. The van der Waals surface area contributed by atoms with Gasteiger partial charge in [0.1, 0.15) is 5.75 Å². The molecule has 0 atom stereocenters. The van der Waals surface area contributed by atoms with Crippen LogP contribution in [0.25, 0.3) is 0 Å². The number of nitro benzene ring substituents is 1. The van der Waals surface area contributed by atoms with Gasteiger partial charge in [0, 0.05) is 16.7 Å². The van der Waals surface area contributed by atoms with Crippen LogP contribution in [0.5, 0.6) is 11.5 Å². The van der Waals surface area contributed by atoms with Gasteiger partial charge < -0.3 is 9.84 Å². The molecule has 1 N–H and O–H groups in total. The maximum atomic E-state index is 11.0. The third-order valence-electron chi connectivity index (χ3n) is 2.77. The average molecular weight is 294 g/mol. The minimum atomic E-state index is -0.508. The van der Waals surface area contributed by atoms with Crippen LogP contribution in [0.2, 0.25) is 5.02 Å². The van der Waals surface area contributed by atoms with Crippen molar-refractivity contribution < 1.29 is 14.8 Å². The van der Waals surface area contributed by atoms with E-state index in [4.69, 9.17) is 16.3 Å². The molecule has 0 spiro atoms. The number of aliphatic hydroxyl groups is 1. The summed E-state index contributed by atoms with van der Waals surface area (Å²) in [6.45, 7) is 1.45. The van der Waals surface area contributed by atoms with Gasteiger partial charge in [0.15, 0.2) is 0 Å². The van der Waals surface area contributed by atoms with Gasteiger partial charge in [-0.3, -0.25) is 10.1 Å². The largest absolute Gasteiger partial charge is 0.450 e. The van der Waals surface area contributed by atoms with Crippen molar-refractivity contribution in [2.24, 2.45) is 0 Å². The van der Waals surface area contributed by atoms with Gasteiger partial charge in [-0.15, -0.1) is 0 Å². The van der Waals surface area contributed by atoms with Gasteiger partial charge in [-0.2, -0.15) is 0 Å². The van der Waals surface area contributed by atoms with Gasteiger partial charge in [-0.1, -0.05) is 23.7 Å². The number of nitrogens with zero attached hydrogens (tertiary/aromatic N) is 1. The minimum Gasteiger partial charge on any atom is -0.450 e. The topological polar surface area (TPSA) is 72.6 Å². The van der Waals surface area contributed by atoms with Gasteiger partial charge in [0.2, 0.25) is 5.75 Å². The quantitative estimate of drug-likeness (QED) is 0.686. The molecule has 0 aliphatic rings. The summed E-state index contributed by atoms with van der Waals surface area (Å²) in [7, 11) is 0. The Labute approximate surface area is 120 Å². The normalized spacial score (nSPS) is 10.3. The second-order valence-electron chi connectivity index (χ2n) is 4.20. The Hall–Kier alpha value is -2.11. The molecule has 2 aromatic carbocycles. The lowest BCUT2D eigenvalue weighted by Crippen LogP contribution is -1.97. The van der Waals surface area contributed by atoms with Gasteiger partial charge in [-0.05, 0) is 30.7 Å². The number of rotatable bonds is 4. The molecule has 0 amide bonds. The molecule has 104 valence electrons. The standard InChI is InChI=1S/C14H12ClNO4/c1-9-5-6-14(12(7-9)16(18)19)20-13-4-2-3-11(15)10(13)8-17/h2-7,17H,8H2,1H3. The first-order valence-electron chi connectivity index (χ1n) is 5.84. The number of benzene rings is 2.